The Bertz CT molecular complexity index is 671. The third-order valence-corrected chi connectivity index (χ3v) is 3.63. The monoisotopic (exact) mass is 290 g/mol. The van der Waals surface area contributed by atoms with Crippen LogP contribution in [0.1, 0.15) is 49.8 Å². The summed E-state index contributed by atoms with van der Waals surface area (Å²) in [7, 11) is 1.68. The first kappa shape index (κ1) is 15.5. The normalized spacial score (nSPS) is 12.3. The first-order chi connectivity index (χ1) is 9.75. The van der Waals surface area contributed by atoms with Crippen LogP contribution < -0.4 is 0 Å². The molecule has 1 N–H and O–H groups in total. The molecule has 0 radical (unpaired) electrons. The molecule has 2 aromatic rings. The Morgan fingerprint density at radius 3 is 2.62 bits per heavy atom. The van der Waals surface area contributed by atoms with E-state index >= 15 is 0 Å². The van der Waals surface area contributed by atoms with E-state index in [-0.39, 0.29) is 17.1 Å². The van der Waals surface area contributed by atoms with Crippen molar-refractivity contribution in [3.05, 3.63) is 29.6 Å². The molecule has 2 rings (SSSR count). The van der Waals surface area contributed by atoms with Crippen molar-refractivity contribution in [3.8, 4) is 0 Å². The third-order valence-electron chi connectivity index (χ3n) is 3.63. The fraction of sp³-hybridized carbons (Fsp3) is 0.500. The number of hydrogen-bond donors (Lipinski definition) is 1. The first-order valence-corrected chi connectivity index (χ1v) is 7.04. The number of nitrogens with zero attached hydrogens (tertiary/aromatic N) is 2. The number of fused-ring (bicyclic) bond motifs is 1. The van der Waals surface area contributed by atoms with Crippen LogP contribution in [0.15, 0.2) is 18.2 Å². The summed E-state index contributed by atoms with van der Waals surface area (Å²) in [6.45, 7) is 8.79. The third kappa shape index (κ3) is 3.08. The maximum atomic E-state index is 11.2. The molecule has 1 aromatic carbocycles. The highest BCUT2D eigenvalue weighted by molar-refractivity contribution is 5.92. The lowest BCUT2D eigenvalue weighted by Gasteiger charge is -2.25. The molecular formula is C16H22N2O3. The molecule has 0 amide bonds. The van der Waals surface area contributed by atoms with Crippen molar-refractivity contribution < 1.29 is 14.6 Å². The number of rotatable bonds is 5. The van der Waals surface area contributed by atoms with Gasteiger partial charge in [-0.25, -0.2) is 9.78 Å². The second-order valence-electron chi connectivity index (χ2n) is 6.18. The van der Waals surface area contributed by atoms with Crippen molar-refractivity contribution in [2.45, 2.75) is 45.8 Å². The lowest BCUT2D eigenvalue weighted by molar-refractivity contribution is 0.00830. The molecule has 0 saturated heterocycles. The summed E-state index contributed by atoms with van der Waals surface area (Å²) in [5, 5.41) is 9.18. The molecule has 5 nitrogen and oxygen atoms in total. The van der Waals surface area contributed by atoms with Gasteiger partial charge in [0.2, 0.25) is 0 Å². The van der Waals surface area contributed by atoms with Crippen LogP contribution >= 0.6 is 0 Å². The maximum Gasteiger partial charge on any atom is 0.335 e. The molecule has 0 aliphatic carbocycles. The van der Waals surface area contributed by atoms with Crippen molar-refractivity contribution in [2.24, 2.45) is 0 Å². The van der Waals surface area contributed by atoms with Crippen LogP contribution in [-0.4, -0.2) is 33.3 Å². The highest BCUT2D eigenvalue weighted by Crippen LogP contribution is 2.26. The van der Waals surface area contributed by atoms with Gasteiger partial charge in [-0.2, -0.15) is 0 Å². The summed E-state index contributed by atoms with van der Waals surface area (Å²) in [5.41, 5.74) is 1.57. The van der Waals surface area contributed by atoms with Gasteiger partial charge in [0.15, 0.2) is 0 Å². The van der Waals surface area contributed by atoms with Gasteiger partial charge in [0.05, 0.1) is 28.7 Å². The summed E-state index contributed by atoms with van der Waals surface area (Å²) in [6, 6.07) is 5.04. The second kappa shape index (κ2) is 5.48. The number of carbonyl (C=O) groups is 1. The fourth-order valence-corrected chi connectivity index (χ4v) is 2.33. The number of imidazole rings is 1. The lowest BCUT2D eigenvalue weighted by atomic mass is 10.1. The van der Waals surface area contributed by atoms with Crippen molar-refractivity contribution in [1.29, 1.82) is 0 Å². The van der Waals surface area contributed by atoms with E-state index in [9.17, 15) is 9.90 Å². The Morgan fingerprint density at radius 1 is 1.43 bits per heavy atom. The maximum absolute atomic E-state index is 11.2. The van der Waals surface area contributed by atoms with E-state index in [0.29, 0.717) is 6.54 Å². The largest absolute Gasteiger partial charge is 0.478 e. The molecule has 1 heterocycles. The number of carboxylic acids is 1. The topological polar surface area (TPSA) is 64.4 Å². The molecule has 0 spiro atoms. The Balaban J connectivity index is 2.64. The zero-order valence-electron chi connectivity index (χ0n) is 13.2. The Morgan fingerprint density at radius 2 is 2.10 bits per heavy atom. The standard InChI is InChI=1S/C16H22N2O3/c1-10(2)14-17-12-7-6-11(15(19)20)8-13(12)18(14)9-16(3,4)21-5/h6-8,10H,9H2,1-5H3,(H,19,20). The molecule has 0 aliphatic rings. The highest BCUT2D eigenvalue weighted by Gasteiger charge is 2.23. The zero-order chi connectivity index (χ0) is 15.8. The summed E-state index contributed by atoms with van der Waals surface area (Å²) < 4.78 is 7.57. The molecule has 21 heavy (non-hydrogen) atoms. The van der Waals surface area contributed by atoms with Crippen molar-refractivity contribution in [3.63, 3.8) is 0 Å². The van der Waals surface area contributed by atoms with Crippen LogP contribution in [0, 0.1) is 0 Å². The molecule has 114 valence electrons. The minimum absolute atomic E-state index is 0.248. The lowest BCUT2D eigenvalue weighted by Crippen LogP contribution is -2.30. The number of aromatic nitrogens is 2. The molecular weight excluding hydrogens is 268 g/mol. The van der Waals surface area contributed by atoms with Gasteiger partial charge in [0.1, 0.15) is 5.82 Å². The van der Waals surface area contributed by atoms with Crippen LogP contribution in [-0.2, 0) is 11.3 Å². The first-order valence-electron chi connectivity index (χ1n) is 7.04. The number of methoxy groups -OCH3 is 1. The van der Waals surface area contributed by atoms with Gasteiger partial charge >= 0.3 is 5.97 Å². The van der Waals surface area contributed by atoms with E-state index in [4.69, 9.17) is 4.74 Å². The van der Waals surface area contributed by atoms with Crippen LogP contribution in [0.3, 0.4) is 0 Å². The smallest absolute Gasteiger partial charge is 0.335 e. The quantitative estimate of drug-likeness (QED) is 0.917. The number of carboxylic acid groups (broad SMARTS) is 1. The van der Waals surface area contributed by atoms with Crippen LogP contribution in [0.25, 0.3) is 11.0 Å². The van der Waals surface area contributed by atoms with Gasteiger partial charge in [-0.05, 0) is 32.0 Å². The van der Waals surface area contributed by atoms with Gasteiger partial charge in [-0.15, -0.1) is 0 Å². The van der Waals surface area contributed by atoms with Crippen molar-refractivity contribution in [1.82, 2.24) is 9.55 Å². The van der Waals surface area contributed by atoms with Crippen molar-refractivity contribution in [2.75, 3.05) is 7.11 Å². The van der Waals surface area contributed by atoms with E-state index < -0.39 is 5.97 Å². The van der Waals surface area contributed by atoms with Crippen LogP contribution in [0.4, 0.5) is 0 Å². The van der Waals surface area contributed by atoms with Gasteiger partial charge in [0.25, 0.3) is 0 Å². The van der Waals surface area contributed by atoms with Gasteiger partial charge in [-0.1, -0.05) is 13.8 Å². The fourth-order valence-electron chi connectivity index (χ4n) is 2.33. The molecule has 0 saturated carbocycles. The molecule has 0 aliphatic heterocycles. The second-order valence-corrected chi connectivity index (χ2v) is 6.18. The molecule has 0 fully saturated rings. The molecule has 1 aromatic heterocycles. The molecule has 0 bridgehead atoms. The molecule has 0 atom stereocenters. The van der Waals surface area contributed by atoms with Crippen LogP contribution in [0.2, 0.25) is 0 Å². The van der Waals surface area contributed by atoms with Gasteiger partial charge in [0, 0.05) is 13.0 Å². The van der Waals surface area contributed by atoms with Crippen molar-refractivity contribution >= 4 is 17.0 Å². The predicted octanol–water partition coefficient (Wildman–Crippen LogP) is 3.28. The van der Waals surface area contributed by atoms with Gasteiger partial charge in [-0.3, -0.25) is 0 Å². The molecule has 0 unspecified atom stereocenters. The van der Waals surface area contributed by atoms with E-state index in [1.54, 1.807) is 25.3 Å². The summed E-state index contributed by atoms with van der Waals surface area (Å²) in [4.78, 5) is 15.8. The number of ether oxygens (including phenoxy) is 1. The van der Waals surface area contributed by atoms with E-state index in [2.05, 4.69) is 23.4 Å². The number of benzene rings is 1. The minimum atomic E-state index is -0.929. The SMILES string of the molecule is COC(C)(C)Cn1c(C(C)C)nc2ccc(C(=O)O)cc21. The molecule has 5 heteroatoms. The van der Waals surface area contributed by atoms with Crippen LogP contribution in [0.5, 0.6) is 0 Å². The Hall–Kier alpha value is -1.88. The summed E-state index contributed by atoms with van der Waals surface area (Å²) in [5.74, 6) is 0.262. The zero-order valence-corrected chi connectivity index (χ0v) is 13.2. The van der Waals surface area contributed by atoms with Gasteiger partial charge < -0.3 is 14.4 Å². The van der Waals surface area contributed by atoms with E-state index in [1.165, 1.54) is 0 Å². The summed E-state index contributed by atoms with van der Waals surface area (Å²) >= 11 is 0. The Kier molecular flexibility index (Phi) is 4.05. The average Bonchev–Trinajstić information content (AvgIpc) is 2.76. The summed E-state index contributed by atoms with van der Waals surface area (Å²) in [6.07, 6.45) is 0. The number of hydrogen-bond acceptors (Lipinski definition) is 3. The minimum Gasteiger partial charge on any atom is -0.478 e. The predicted molar refractivity (Wildman–Crippen MR) is 81.9 cm³/mol. The van der Waals surface area contributed by atoms with E-state index in [1.807, 2.05) is 13.8 Å². The van der Waals surface area contributed by atoms with E-state index in [0.717, 1.165) is 16.9 Å². The highest BCUT2D eigenvalue weighted by atomic mass is 16.5. The average molecular weight is 290 g/mol. The Labute approximate surface area is 124 Å². The number of aromatic carboxylic acids is 1.